The first kappa shape index (κ1) is 82.9. The normalized spacial score (nSPS) is 12.3. The highest BCUT2D eigenvalue weighted by atomic mass is 32.1. The van der Waals surface area contributed by atoms with E-state index in [-0.39, 0.29) is 0 Å². The van der Waals surface area contributed by atoms with Crippen LogP contribution in [0.25, 0.3) is 248 Å². The second-order valence-corrected chi connectivity index (χ2v) is 41.9. The van der Waals surface area contributed by atoms with Crippen LogP contribution in [0.3, 0.4) is 0 Å². The summed E-state index contributed by atoms with van der Waals surface area (Å²) < 4.78 is 26.5. The number of anilines is 9. The van der Waals surface area contributed by atoms with Crippen molar-refractivity contribution in [3.05, 3.63) is 504 Å². The minimum atomic E-state index is 0.875. The molecule has 0 aliphatic heterocycles. The van der Waals surface area contributed by atoms with Gasteiger partial charge in [0.2, 0.25) is 0 Å². The number of thiophene rings is 2. The Kier molecular flexibility index (Phi) is 17.7. The number of fused-ring (bicyclic) bond motifs is 40. The third-order valence-electron chi connectivity index (χ3n) is 31.8. The van der Waals surface area contributed by atoms with Crippen LogP contribution in [0, 0.1) is 0 Å². The van der Waals surface area contributed by atoms with Gasteiger partial charge in [-0.25, -0.2) is 0 Å². The average Bonchev–Trinajstić information content (AvgIpc) is 1.52. The topological polar surface area (TPSA) is 49.3 Å². The van der Waals surface area contributed by atoms with E-state index in [1.54, 1.807) is 0 Å². The van der Waals surface area contributed by atoms with Gasteiger partial charge in [-0.1, -0.05) is 303 Å². The van der Waals surface area contributed by atoms with Crippen LogP contribution < -0.4 is 14.7 Å². The molecule has 0 spiro atoms. The van der Waals surface area contributed by atoms with E-state index in [1.807, 2.05) is 28.7 Å². The number of imidazole rings is 3. The second-order valence-electron chi connectivity index (χ2n) is 39.7. The fraction of sp³-hybridized carbons (Fsp3) is 0. The third kappa shape index (κ3) is 12.0. The van der Waals surface area contributed by atoms with Gasteiger partial charge < -0.3 is 19.1 Å². The monoisotopic (exact) mass is 1950 g/mol. The first-order valence-corrected chi connectivity index (χ1v) is 52.9. The average molecular weight is 1950 g/mol. The Balaban J connectivity index is 0.0000000975. The zero-order valence-electron chi connectivity index (χ0n) is 80.7. The fourth-order valence-electron chi connectivity index (χ4n) is 25.4. The van der Waals surface area contributed by atoms with Crippen LogP contribution in [-0.4, -0.2) is 26.4 Å². The summed E-state index contributed by atoms with van der Waals surface area (Å²) >= 11 is 3.73. The van der Waals surface area contributed by atoms with Crippen molar-refractivity contribution < 1.29 is 4.42 Å². The minimum absolute atomic E-state index is 0.875. The molecule has 0 saturated carbocycles. The highest BCUT2D eigenvalue weighted by Gasteiger charge is 2.31. The molecule has 0 unspecified atom stereocenters. The standard InChI is InChI=1S/C48H29N3S.C46H27N3S.C44H27N3O/c1-2-12-35-30(10-1)11-9-15-36(35)31-20-22-32(23-21-31)49(34-25-27-46-39(28-34)37-13-4-8-19-45(37)52-46)33-24-26-42-40(29-33)47-38-14-3-5-16-41(38)50-43-17-6-7-18-44(43)51(42)48(47)50;1-2-10-33-28(9-1)17-18-29-25-30(19-22-34(29)33)47(32-20-23-36-35-11-4-8-16-43(35)50-44(36)27-32)31-21-24-40-38(26-31)45-37-12-3-5-13-39(37)48-41-14-6-7-15-42(41)49(40)46(45)48;1-2-11-28(12-3-1)29-21-23-30(24-22-29)45(40-19-10-15-33-32-13-5-9-20-41(32)48-43(33)40)31-25-26-37-35(27-31)42-34-14-4-6-16-36(34)46-38-17-7-8-18-39(38)47(37)44(42)46/h1-29H;1-27H;1-27H. The molecular formula is C138H83N9OS2. The molecule has 0 saturated heterocycles. The summed E-state index contributed by atoms with van der Waals surface area (Å²) in [5.74, 6) is 0. The molecule has 0 atom stereocenters. The summed E-state index contributed by atoms with van der Waals surface area (Å²) in [6.45, 7) is 0. The molecule has 35 aromatic rings. The molecule has 150 heavy (non-hydrogen) atoms. The van der Waals surface area contributed by atoms with E-state index in [4.69, 9.17) is 4.42 Å². The summed E-state index contributed by atoms with van der Waals surface area (Å²) in [6.07, 6.45) is 0. The van der Waals surface area contributed by atoms with E-state index in [0.717, 1.165) is 73.1 Å². The number of aromatic nitrogens is 6. The van der Waals surface area contributed by atoms with Gasteiger partial charge in [-0.2, -0.15) is 0 Å². The van der Waals surface area contributed by atoms with Crippen LogP contribution in [0.15, 0.2) is 508 Å². The Labute approximate surface area is 864 Å². The smallest absolute Gasteiger partial charge is 0.159 e. The van der Waals surface area contributed by atoms with E-state index < -0.39 is 0 Å². The van der Waals surface area contributed by atoms with Crippen LogP contribution in [0.5, 0.6) is 0 Å². The van der Waals surface area contributed by atoms with Gasteiger partial charge in [-0.15, -0.1) is 22.7 Å². The molecule has 698 valence electrons. The minimum Gasteiger partial charge on any atom is -0.454 e. The molecule has 0 fully saturated rings. The van der Waals surface area contributed by atoms with Crippen molar-refractivity contribution in [2.45, 2.75) is 0 Å². The molecule has 0 aliphatic rings. The number of benzene rings is 23. The molecule has 0 radical (unpaired) electrons. The molecule has 12 heteroatoms. The Morgan fingerprint density at radius 3 is 1.04 bits per heavy atom. The van der Waals surface area contributed by atoms with Crippen LogP contribution in [-0.2, 0) is 0 Å². The largest absolute Gasteiger partial charge is 0.454 e. The van der Waals surface area contributed by atoms with Crippen molar-refractivity contribution in [2.75, 3.05) is 14.7 Å². The lowest BCUT2D eigenvalue weighted by molar-refractivity contribution is 0.669. The Morgan fingerprint density at radius 1 is 0.167 bits per heavy atom. The molecule has 12 heterocycles. The highest BCUT2D eigenvalue weighted by Crippen LogP contribution is 2.53. The van der Waals surface area contributed by atoms with Crippen molar-refractivity contribution in [3.8, 4) is 22.3 Å². The molecule has 0 N–H and O–H groups in total. The number of rotatable bonds is 11. The lowest BCUT2D eigenvalue weighted by Gasteiger charge is -2.26. The molecular weight excluding hydrogens is 1860 g/mol. The summed E-state index contributed by atoms with van der Waals surface area (Å²) in [6, 6.07) is 184. The van der Waals surface area contributed by atoms with E-state index in [1.165, 1.54) is 227 Å². The zero-order valence-corrected chi connectivity index (χ0v) is 82.3. The van der Waals surface area contributed by atoms with Gasteiger partial charge in [-0.05, 0) is 255 Å². The molecule has 23 aromatic carbocycles. The lowest BCUT2D eigenvalue weighted by atomic mass is 9.98. The van der Waals surface area contributed by atoms with E-state index >= 15 is 0 Å². The molecule has 0 bridgehead atoms. The SMILES string of the molecule is c1ccc(-c2ccc(N(c3ccc4c(c3)c3c5ccccc5n5c6ccccc6n4c35)c3cccc4c3oc3ccccc34)cc2)cc1.c1ccc2c(-c3ccc(N(c4ccc5sc6ccccc6c5c4)c4ccc5c(c4)c4c6ccccc6n6c7ccccc7n5c46)cc3)cccc2c1.c1ccc2c(c1)ccc1cc(N(c3ccc4c(c3)sc3ccccc34)c3ccc4c(c3)c3c5ccccc5n5c6ccccc6n4c35)ccc12. The van der Waals surface area contributed by atoms with Crippen LogP contribution >= 0.6 is 22.7 Å². The Morgan fingerprint density at radius 2 is 0.493 bits per heavy atom. The van der Waals surface area contributed by atoms with Crippen LogP contribution in [0.2, 0.25) is 0 Å². The maximum Gasteiger partial charge on any atom is 0.159 e. The second kappa shape index (κ2) is 32.0. The van der Waals surface area contributed by atoms with Crippen LogP contribution in [0.1, 0.15) is 0 Å². The molecule has 12 aromatic heterocycles. The van der Waals surface area contributed by atoms with E-state index in [9.17, 15) is 0 Å². The first-order chi connectivity index (χ1) is 74.4. The summed E-state index contributed by atoms with van der Waals surface area (Å²) in [7, 11) is 0. The van der Waals surface area contributed by atoms with Crippen molar-refractivity contribution in [1.29, 1.82) is 0 Å². The third-order valence-corrected chi connectivity index (χ3v) is 34.1. The maximum absolute atomic E-state index is 6.62. The van der Waals surface area contributed by atoms with Crippen molar-refractivity contribution >= 4 is 300 Å². The predicted molar refractivity (Wildman–Crippen MR) is 637 cm³/mol. The first-order valence-electron chi connectivity index (χ1n) is 51.2. The van der Waals surface area contributed by atoms with E-state index in [2.05, 4.69) is 539 Å². The van der Waals surface area contributed by atoms with Crippen molar-refractivity contribution in [3.63, 3.8) is 0 Å². The quantitative estimate of drug-likeness (QED) is 0.121. The summed E-state index contributed by atoms with van der Waals surface area (Å²) in [4.78, 5) is 7.22. The molecule has 0 amide bonds. The molecule has 0 aliphatic carbocycles. The number of furan rings is 1. The van der Waals surface area contributed by atoms with Gasteiger partial charge >= 0.3 is 0 Å². The highest BCUT2D eigenvalue weighted by molar-refractivity contribution is 7.26. The Bertz CT molecular complexity index is 11800. The number of nitrogens with zero attached hydrogens (tertiary/aromatic N) is 9. The maximum atomic E-state index is 6.62. The van der Waals surface area contributed by atoms with Crippen LogP contribution in [0.4, 0.5) is 51.2 Å². The number of hydrogen-bond donors (Lipinski definition) is 0. The number of hydrogen-bond acceptors (Lipinski definition) is 6. The Hall–Kier alpha value is -19.5. The van der Waals surface area contributed by atoms with Crippen molar-refractivity contribution in [1.82, 2.24) is 26.4 Å². The van der Waals surface area contributed by atoms with Gasteiger partial charge in [0.1, 0.15) is 22.5 Å². The van der Waals surface area contributed by atoms with Crippen molar-refractivity contribution in [2.24, 2.45) is 0 Å². The van der Waals surface area contributed by atoms with Gasteiger partial charge in [-0.3, -0.25) is 26.4 Å². The van der Waals surface area contributed by atoms with E-state index in [0.29, 0.717) is 0 Å². The van der Waals surface area contributed by atoms with Gasteiger partial charge in [0.05, 0.1) is 71.9 Å². The molecule has 35 rings (SSSR count). The number of para-hydroxylation sites is 11. The lowest BCUT2D eigenvalue weighted by Crippen LogP contribution is -2.10. The van der Waals surface area contributed by atoms with Gasteiger partial charge in [0.25, 0.3) is 0 Å². The summed E-state index contributed by atoms with van der Waals surface area (Å²) in [5, 5.41) is 26.5. The predicted octanol–water partition coefficient (Wildman–Crippen LogP) is 39.1. The molecule has 10 nitrogen and oxygen atoms in total. The summed E-state index contributed by atoms with van der Waals surface area (Å²) in [5.41, 5.74) is 35.1. The fourth-order valence-corrected chi connectivity index (χ4v) is 27.6. The van der Waals surface area contributed by atoms with Gasteiger partial charge in [0, 0.05) is 145 Å². The zero-order chi connectivity index (χ0) is 97.8. The van der Waals surface area contributed by atoms with Gasteiger partial charge in [0.15, 0.2) is 5.58 Å².